The van der Waals surface area contributed by atoms with Crippen molar-refractivity contribution in [1.29, 1.82) is 0 Å². The molecule has 1 amide bonds. The lowest BCUT2D eigenvalue weighted by molar-refractivity contribution is -0.114. The maximum Gasteiger partial charge on any atom is 0.243 e. The lowest BCUT2D eigenvalue weighted by atomic mass is 10.2. The van der Waals surface area contributed by atoms with Gasteiger partial charge in [0.15, 0.2) is 11.5 Å². The average Bonchev–Trinajstić information content (AvgIpc) is 2.65. The molecule has 7 nitrogen and oxygen atoms in total. The van der Waals surface area contributed by atoms with Gasteiger partial charge in [0, 0.05) is 17.8 Å². The van der Waals surface area contributed by atoms with Gasteiger partial charge in [-0.15, -0.1) is 0 Å². The van der Waals surface area contributed by atoms with Crippen LogP contribution in [0, 0.1) is 0 Å². The Morgan fingerprint density at radius 1 is 0.880 bits per heavy atom. The summed E-state index contributed by atoms with van der Waals surface area (Å²) in [6.45, 7) is 0.0662. The summed E-state index contributed by atoms with van der Waals surface area (Å²) in [4.78, 5) is 12.2. The third-order valence-corrected chi connectivity index (χ3v) is 3.50. The molecule has 2 aromatic carbocycles. The molecule has 0 fully saturated rings. The average molecular weight is 346 g/mol. The van der Waals surface area contributed by atoms with E-state index in [0.29, 0.717) is 34.4 Å². The van der Waals surface area contributed by atoms with E-state index in [4.69, 9.17) is 18.9 Å². The minimum absolute atomic E-state index is 0.0662. The Hall–Kier alpha value is -3.09. The monoisotopic (exact) mass is 346 g/mol. The second-order valence-corrected chi connectivity index (χ2v) is 5.02. The standard InChI is InChI=1S/C18H22N2O5/c1-22-14-8-6-5-7-13(14)20-17(21)11-19-12-9-15(23-2)18(25-4)16(10-12)24-3/h5-10,19H,11H2,1-4H3,(H,20,21). The number of carbonyl (C=O) groups excluding carboxylic acids is 1. The molecule has 134 valence electrons. The van der Waals surface area contributed by atoms with Gasteiger partial charge in [0.25, 0.3) is 0 Å². The minimum Gasteiger partial charge on any atom is -0.495 e. The van der Waals surface area contributed by atoms with Crippen LogP contribution in [0.2, 0.25) is 0 Å². The predicted molar refractivity (Wildman–Crippen MR) is 96.2 cm³/mol. The number of para-hydroxylation sites is 2. The van der Waals surface area contributed by atoms with Crippen molar-refractivity contribution >= 4 is 17.3 Å². The number of benzene rings is 2. The van der Waals surface area contributed by atoms with Crippen LogP contribution >= 0.6 is 0 Å². The van der Waals surface area contributed by atoms with E-state index in [1.54, 1.807) is 31.4 Å². The van der Waals surface area contributed by atoms with Crippen LogP contribution in [0.15, 0.2) is 36.4 Å². The molecule has 2 aromatic rings. The molecule has 0 bridgehead atoms. The molecule has 0 aliphatic carbocycles. The van der Waals surface area contributed by atoms with Crippen molar-refractivity contribution in [2.75, 3.05) is 45.6 Å². The Kier molecular flexibility index (Phi) is 6.33. The highest BCUT2D eigenvalue weighted by molar-refractivity contribution is 5.95. The summed E-state index contributed by atoms with van der Waals surface area (Å²) in [5.41, 5.74) is 1.28. The highest BCUT2D eigenvalue weighted by Gasteiger charge is 2.14. The summed E-state index contributed by atoms with van der Waals surface area (Å²) in [6, 6.07) is 10.7. The second-order valence-electron chi connectivity index (χ2n) is 5.02. The number of carbonyl (C=O) groups is 1. The van der Waals surface area contributed by atoms with Gasteiger partial charge in [-0.3, -0.25) is 4.79 Å². The highest BCUT2D eigenvalue weighted by Crippen LogP contribution is 2.39. The Morgan fingerprint density at radius 3 is 2.04 bits per heavy atom. The number of rotatable bonds is 8. The van der Waals surface area contributed by atoms with Crippen LogP contribution in [-0.2, 0) is 4.79 Å². The fraction of sp³-hybridized carbons (Fsp3) is 0.278. The largest absolute Gasteiger partial charge is 0.495 e. The minimum atomic E-state index is -0.210. The van der Waals surface area contributed by atoms with E-state index in [0.717, 1.165) is 0 Å². The van der Waals surface area contributed by atoms with Gasteiger partial charge >= 0.3 is 0 Å². The number of nitrogens with one attached hydrogen (secondary N) is 2. The van der Waals surface area contributed by atoms with Gasteiger partial charge in [-0.1, -0.05) is 12.1 Å². The molecular weight excluding hydrogens is 324 g/mol. The molecule has 7 heteroatoms. The molecule has 0 radical (unpaired) electrons. The smallest absolute Gasteiger partial charge is 0.243 e. The summed E-state index contributed by atoms with van der Waals surface area (Å²) in [5.74, 6) is 1.90. The first-order chi connectivity index (χ1) is 12.1. The SMILES string of the molecule is COc1ccccc1NC(=O)CNc1cc(OC)c(OC)c(OC)c1. The van der Waals surface area contributed by atoms with Crippen LogP contribution in [0.4, 0.5) is 11.4 Å². The molecule has 0 atom stereocenters. The van der Waals surface area contributed by atoms with Crippen LogP contribution in [-0.4, -0.2) is 40.9 Å². The second kappa shape index (κ2) is 8.68. The molecule has 0 aliphatic heterocycles. The highest BCUT2D eigenvalue weighted by atomic mass is 16.5. The van der Waals surface area contributed by atoms with Gasteiger partial charge in [-0.05, 0) is 12.1 Å². The van der Waals surface area contributed by atoms with E-state index < -0.39 is 0 Å². The summed E-state index contributed by atoms with van der Waals surface area (Å²) < 4.78 is 21.1. The molecule has 2 N–H and O–H groups in total. The fourth-order valence-electron chi connectivity index (χ4n) is 2.31. The van der Waals surface area contributed by atoms with E-state index in [1.807, 2.05) is 12.1 Å². The van der Waals surface area contributed by atoms with Gasteiger partial charge in [0.1, 0.15) is 5.75 Å². The Balaban J connectivity index is 2.06. The summed E-state index contributed by atoms with van der Waals surface area (Å²) in [5, 5.41) is 5.83. The number of anilines is 2. The fourth-order valence-corrected chi connectivity index (χ4v) is 2.31. The molecule has 0 spiro atoms. The molecule has 0 aliphatic rings. The maximum atomic E-state index is 12.2. The normalized spacial score (nSPS) is 9.92. The maximum absolute atomic E-state index is 12.2. The van der Waals surface area contributed by atoms with Crippen LogP contribution in [0.1, 0.15) is 0 Å². The van der Waals surface area contributed by atoms with E-state index in [-0.39, 0.29) is 12.5 Å². The van der Waals surface area contributed by atoms with Gasteiger partial charge in [-0.25, -0.2) is 0 Å². The number of hydrogen-bond acceptors (Lipinski definition) is 6. The molecule has 25 heavy (non-hydrogen) atoms. The van der Waals surface area contributed by atoms with Crippen molar-refractivity contribution in [3.8, 4) is 23.0 Å². The zero-order valence-electron chi connectivity index (χ0n) is 14.7. The zero-order chi connectivity index (χ0) is 18.2. The van der Waals surface area contributed by atoms with Crippen molar-refractivity contribution in [1.82, 2.24) is 0 Å². The first kappa shape index (κ1) is 18.3. The van der Waals surface area contributed by atoms with Crippen molar-refractivity contribution in [3.63, 3.8) is 0 Å². The Morgan fingerprint density at radius 2 is 1.48 bits per heavy atom. The van der Waals surface area contributed by atoms with Gasteiger partial charge in [0.2, 0.25) is 11.7 Å². The number of amides is 1. The van der Waals surface area contributed by atoms with E-state index in [2.05, 4.69) is 10.6 Å². The van der Waals surface area contributed by atoms with Crippen molar-refractivity contribution in [2.45, 2.75) is 0 Å². The molecule has 2 rings (SSSR count). The van der Waals surface area contributed by atoms with Gasteiger partial charge in [0.05, 0.1) is 40.7 Å². The number of methoxy groups -OCH3 is 4. The zero-order valence-corrected chi connectivity index (χ0v) is 14.7. The molecule has 0 heterocycles. The summed E-state index contributed by atoms with van der Waals surface area (Å²) in [6.07, 6.45) is 0. The summed E-state index contributed by atoms with van der Waals surface area (Å²) >= 11 is 0. The Labute approximate surface area is 146 Å². The first-order valence-electron chi connectivity index (χ1n) is 7.59. The number of ether oxygens (including phenoxy) is 4. The third-order valence-electron chi connectivity index (χ3n) is 3.50. The lowest BCUT2D eigenvalue weighted by Crippen LogP contribution is -2.22. The van der Waals surface area contributed by atoms with E-state index in [9.17, 15) is 4.79 Å². The topological polar surface area (TPSA) is 78.1 Å². The van der Waals surface area contributed by atoms with Crippen LogP contribution in [0.5, 0.6) is 23.0 Å². The molecule has 0 unspecified atom stereocenters. The summed E-state index contributed by atoms with van der Waals surface area (Å²) in [7, 11) is 6.16. The molecular formula is C18H22N2O5. The van der Waals surface area contributed by atoms with Crippen LogP contribution in [0.25, 0.3) is 0 Å². The van der Waals surface area contributed by atoms with Crippen molar-refractivity contribution in [2.24, 2.45) is 0 Å². The van der Waals surface area contributed by atoms with Crippen LogP contribution in [0.3, 0.4) is 0 Å². The third kappa shape index (κ3) is 4.47. The van der Waals surface area contributed by atoms with Crippen molar-refractivity contribution in [3.05, 3.63) is 36.4 Å². The molecule has 0 saturated heterocycles. The quantitative estimate of drug-likeness (QED) is 0.765. The molecule has 0 aromatic heterocycles. The predicted octanol–water partition coefficient (Wildman–Crippen LogP) is 2.77. The lowest BCUT2D eigenvalue weighted by Gasteiger charge is -2.15. The number of hydrogen-bond donors (Lipinski definition) is 2. The van der Waals surface area contributed by atoms with E-state index in [1.165, 1.54) is 21.3 Å². The van der Waals surface area contributed by atoms with Gasteiger partial charge < -0.3 is 29.6 Å². The first-order valence-corrected chi connectivity index (χ1v) is 7.59. The Bertz CT molecular complexity index is 708. The van der Waals surface area contributed by atoms with E-state index >= 15 is 0 Å². The van der Waals surface area contributed by atoms with Gasteiger partial charge in [-0.2, -0.15) is 0 Å². The van der Waals surface area contributed by atoms with Crippen LogP contribution < -0.4 is 29.6 Å². The van der Waals surface area contributed by atoms with Crippen molar-refractivity contribution < 1.29 is 23.7 Å². The molecule has 0 saturated carbocycles.